The molecule has 0 aliphatic carbocycles. The number of carbonyl (C=O) groups is 1. The Morgan fingerprint density at radius 3 is 2.69 bits per heavy atom. The highest BCUT2D eigenvalue weighted by molar-refractivity contribution is 6.03. The van der Waals surface area contributed by atoms with E-state index in [1.54, 1.807) is 18.3 Å². The van der Waals surface area contributed by atoms with E-state index in [1.807, 2.05) is 67.6 Å². The van der Waals surface area contributed by atoms with Crippen LogP contribution >= 0.6 is 0 Å². The first-order chi connectivity index (χ1) is 17.6. The lowest BCUT2D eigenvalue weighted by Gasteiger charge is -2.12. The highest BCUT2D eigenvalue weighted by atomic mass is 16.5. The normalized spacial score (nSPS) is 11.3. The van der Waals surface area contributed by atoms with E-state index in [2.05, 4.69) is 29.6 Å². The Kier molecular flexibility index (Phi) is 6.67. The molecule has 0 saturated heterocycles. The number of fused-ring (bicyclic) bond motifs is 2. The summed E-state index contributed by atoms with van der Waals surface area (Å²) >= 11 is 0. The van der Waals surface area contributed by atoms with Crippen molar-refractivity contribution in [1.29, 1.82) is 0 Å². The van der Waals surface area contributed by atoms with Crippen LogP contribution in [-0.4, -0.2) is 18.7 Å². The molecule has 0 fully saturated rings. The number of carbonyl (C=O) groups excluding carboxylic acids is 1. The average molecular weight is 479 g/mol. The fraction of sp³-hybridized carbons (Fsp3) is 0.133. The van der Waals surface area contributed by atoms with Gasteiger partial charge in [-0.25, -0.2) is 5.43 Å². The van der Waals surface area contributed by atoms with Gasteiger partial charge < -0.3 is 13.9 Å². The molecule has 5 aromatic rings. The van der Waals surface area contributed by atoms with Crippen LogP contribution in [0.1, 0.15) is 34.2 Å². The highest BCUT2D eigenvalue weighted by Crippen LogP contribution is 2.28. The predicted molar refractivity (Wildman–Crippen MR) is 142 cm³/mol. The molecule has 0 radical (unpaired) electrons. The van der Waals surface area contributed by atoms with E-state index in [0.717, 1.165) is 33.0 Å². The van der Waals surface area contributed by atoms with Gasteiger partial charge in [-0.1, -0.05) is 60.2 Å². The van der Waals surface area contributed by atoms with Crippen molar-refractivity contribution in [2.45, 2.75) is 20.5 Å². The fourth-order valence-electron chi connectivity index (χ4n) is 4.10. The third kappa shape index (κ3) is 5.08. The molecule has 0 spiro atoms. The third-order valence-electron chi connectivity index (χ3n) is 5.79. The van der Waals surface area contributed by atoms with Crippen molar-refractivity contribution >= 4 is 33.9 Å². The summed E-state index contributed by atoms with van der Waals surface area (Å²) in [6.07, 6.45) is 1.61. The van der Waals surface area contributed by atoms with E-state index in [4.69, 9.17) is 13.9 Å². The predicted octanol–water partition coefficient (Wildman–Crippen LogP) is 6.64. The lowest BCUT2D eigenvalue weighted by molar-refractivity contribution is 0.0929. The molecule has 180 valence electrons. The first kappa shape index (κ1) is 23.2. The van der Waals surface area contributed by atoms with Gasteiger partial charge >= 0.3 is 5.91 Å². The minimum Gasteiger partial charge on any atom is -0.494 e. The van der Waals surface area contributed by atoms with Crippen LogP contribution in [-0.2, 0) is 6.61 Å². The van der Waals surface area contributed by atoms with Gasteiger partial charge in [0.05, 0.1) is 12.8 Å². The standard InChI is InChI=1S/C30H26N2O4/c1-3-34-24-12-14-27-23(16-24)17-29(36-27)30(33)32-31-18-26-25-10-5-4-9-22(25)11-13-28(26)35-19-21-8-6-7-20(2)15-21/h4-18H,3,19H2,1-2H3,(H,32,33)/b31-18+. The zero-order chi connectivity index (χ0) is 24.9. The molecule has 1 N–H and O–H groups in total. The molecule has 36 heavy (non-hydrogen) atoms. The van der Waals surface area contributed by atoms with Crippen molar-refractivity contribution in [3.05, 3.63) is 107 Å². The minimum atomic E-state index is -0.442. The number of amides is 1. The van der Waals surface area contributed by atoms with E-state index >= 15 is 0 Å². The first-order valence-corrected chi connectivity index (χ1v) is 11.8. The van der Waals surface area contributed by atoms with Gasteiger partial charge in [-0.05, 0) is 60.5 Å². The average Bonchev–Trinajstić information content (AvgIpc) is 3.32. The SMILES string of the molecule is CCOc1ccc2oc(C(=O)N/N=C/c3c(OCc4cccc(C)c4)ccc4ccccc34)cc2c1. The van der Waals surface area contributed by atoms with Crippen LogP contribution in [0.25, 0.3) is 21.7 Å². The molecule has 6 nitrogen and oxygen atoms in total. The Labute approximate surface area is 209 Å². The summed E-state index contributed by atoms with van der Waals surface area (Å²) in [7, 11) is 0. The van der Waals surface area contributed by atoms with Crippen molar-refractivity contribution in [1.82, 2.24) is 5.43 Å². The maximum absolute atomic E-state index is 12.7. The molecule has 0 bridgehead atoms. The molecular formula is C30H26N2O4. The Balaban J connectivity index is 1.37. The number of ether oxygens (including phenoxy) is 2. The van der Waals surface area contributed by atoms with Gasteiger partial charge in [-0.15, -0.1) is 0 Å². The summed E-state index contributed by atoms with van der Waals surface area (Å²) < 4.78 is 17.4. The van der Waals surface area contributed by atoms with Crippen LogP contribution in [0.3, 0.4) is 0 Å². The summed E-state index contributed by atoms with van der Waals surface area (Å²) in [5.41, 5.74) is 6.22. The van der Waals surface area contributed by atoms with Crippen LogP contribution < -0.4 is 14.9 Å². The summed E-state index contributed by atoms with van der Waals surface area (Å²) in [6, 6.07) is 27.3. The van der Waals surface area contributed by atoms with Crippen molar-refractivity contribution in [3.63, 3.8) is 0 Å². The monoisotopic (exact) mass is 478 g/mol. The number of furan rings is 1. The molecular weight excluding hydrogens is 452 g/mol. The topological polar surface area (TPSA) is 73.1 Å². The van der Waals surface area contributed by atoms with Gasteiger partial charge in [0, 0.05) is 10.9 Å². The first-order valence-electron chi connectivity index (χ1n) is 11.8. The number of hydrazone groups is 1. The van der Waals surface area contributed by atoms with E-state index in [9.17, 15) is 4.79 Å². The molecule has 0 saturated carbocycles. The number of benzene rings is 4. The minimum absolute atomic E-state index is 0.171. The molecule has 1 aromatic heterocycles. The molecule has 0 aliphatic heterocycles. The smallest absolute Gasteiger partial charge is 0.307 e. The Bertz CT molecular complexity index is 1570. The molecule has 0 atom stereocenters. The van der Waals surface area contributed by atoms with E-state index < -0.39 is 5.91 Å². The molecule has 1 heterocycles. The van der Waals surface area contributed by atoms with Gasteiger partial charge in [-0.2, -0.15) is 5.10 Å². The summed E-state index contributed by atoms with van der Waals surface area (Å²) in [5, 5.41) is 7.04. The summed E-state index contributed by atoms with van der Waals surface area (Å²) in [5.74, 6) is 1.14. The second kappa shape index (κ2) is 10.4. The van der Waals surface area contributed by atoms with Crippen molar-refractivity contribution < 1.29 is 18.7 Å². The number of hydrogen-bond donors (Lipinski definition) is 1. The maximum Gasteiger partial charge on any atom is 0.307 e. The van der Waals surface area contributed by atoms with Crippen LogP contribution in [0.4, 0.5) is 0 Å². The molecule has 5 rings (SSSR count). The van der Waals surface area contributed by atoms with Gasteiger partial charge in [0.1, 0.15) is 23.7 Å². The quantitative estimate of drug-likeness (QED) is 0.201. The Morgan fingerprint density at radius 1 is 0.944 bits per heavy atom. The van der Waals surface area contributed by atoms with Crippen molar-refractivity contribution in [2.24, 2.45) is 5.10 Å². The van der Waals surface area contributed by atoms with E-state index in [-0.39, 0.29) is 5.76 Å². The highest BCUT2D eigenvalue weighted by Gasteiger charge is 2.13. The van der Waals surface area contributed by atoms with Crippen LogP contribution in [0.5, 0.6) is 11.5 Å². The zero-order valence-corrected chi connectivity index (χ0v) is 20.2. The van der Waals surface area contributed by atoms with Crippen LogP contribution in [0.15, 0.2) is 94.4 Å². The molecule has 0 aliphatic rings. The fourth-order valence-corrected chi connectivity index (χ4v) is 4.10. The lowest BCUT2D eigenvalue weighted by Crippen LogP contribution is -2.16. The Hall–Kier alpha value is -4.58. The van der Waals surface area contributed by atoms with Crippen molar-refractivity contribution in [3.8, 4) is 11.5 Å². The zero-order valence-electron chi connectivity index (χ0n) is 20.2. The van der Waals surface area contributed by atoms with E-state index in [0.29, 0.717) is 24.5 Å². The van der Waals surface area contributed by atoms with Crippen LogP contribution in [0, 0.1) is 6.92 Å². The second-order valence-electron chi connectivity index (χ2n) is 8.42. The number of nitrogens with one attached hydrogen (secondary N) is 1. The molecule has 4 aromatic carbocycles. The second-order valence-corrected chi connectivity index (χ2v) is 8.42. The maximum atomic E-state index is 12.7. The summed E-state index contributed by atoms with van der Waals surface area (Å²) in [6.45, 7) is 4.97. The van der Waals surface area contributed by atoms with Gasteiger partial charge in [-0.3, -0.25) is 4.79 Å². The van der Waals surface area contributed by atoms with Gasteiger partial charge in [0.25, 0.3) is 0 Å². The lowest BCUT2D eigenvalue weighted by atomic mass is 10.0. The number of aryl methyl sites for hydroxylation is 1. The van der Waals surface area contributed by atoms with Gasteiger partial charge in [0.15, 0.2) is 5.76 Å². The van der Waals surface area contributed by atoms with E-state index in [1.165, 1.54) is 5.56 Å². The third-order valence-corrected chi connectivity index (χ3v) is 5.79. The Morgan fingerprint density at radius 2 is 1.83 bits per heavy atom. The van der Waals surface area contributed by atoms with Gasteiger partial charge in [0.2, 0.25) is 0 Å². The van der Waals surface area contributed by atoms with Crippen molar-refractivity contribution in [2.75, 3.05) is 6.61 Å². The van der Waals surface area contributed by atoms with Crippen LogP contribution in [0.2, 0.25) is 0 Å². The largest absolute Gasteiger partial charge is 0.494 e. The molecule has 1 amide bonds. The number of hydrogen-bond acceptors (Lipinski definition) is 5. The summed E-state index contributed by atoms with van der Waals surface area (Å²) in [4.78, 5) is 12.7. The number of rotatable bonds is 8. The number of nitrogens with zero attached hydrogens (tertiary/aromatic N) is 1. The molecule has 6 heteroatoms. The molecule has 0 unspecified atom stereocenters.